The molecule has 0 saturated carbocycles. The van der Waals surface area contributed by atoms with Crippen LogP contribution in [0.2, 0.25) is 0 Å². The van der Waals surface area contributed by atoms with Gasteiger partial charge in [-0.2, -0.15) is 26.3 Å². The average molecular weight is 323 g/mol. The molecule has 1 amide bonds. The summed E-state index contributed by atoms with van der Waals surface area (Å²) in [5.41, 5.74) is 1.29. The Morgan fingerprint density at radius 1 is 1.00 bits per heavy atom. The van der Waals surface area contributed by atoms with Crippen LogP contribution >= 0.6 is 12.4 Å². The molecule has 3 N–H and O–H groups in total. The van der Waals surface area contributed by atoms with E-state index in [0.717, 1.165) is 0 Å². The third-order valence-corrected chi connectivity index (χ3v) is 2.06. The first kappa shape index (κ1) is 18.5. The van der Waals surface area contributed by atoms with Gasteiger partial charge >= 0.3 is 12.4 Å². The number of halogens is 7. The van der Waals surface area contributed by atoms with Gasteiger partial charge < -0.3 is 11.1 Å². The number of hydrogen-bond donors (Lipinski definition) is 2. The molecule has 10 heteroatoms. The van der Waals surface area contributed by atoms with Gasteiger partial charge in [-0.25, -0.2) is 0 Å². The predicted octanol–water partition coefficient (Wildman–Crippen LogP) is 3.04. The lowest BCUT2D eigenvalue weighted by Gasteiger charge is -2.14. The normalized spacial score (nSPS) is 11.8. The van der Waals surface area contributed by atoms with Crippen molar-refractivity contribution < 1.29 is 31.1 Å². The van der Waals surface area contributed by atoms with Crippen molar-refractivity contribution in [3.63, 3.8) is 0 Å². The first-order valence-electron chi connectivity index (χ1n) is 4.83. The molecule has 1 rings (SSSR count). The highest BCUT2D eigenvalue weighted by Crippen LogP contribution is 2.37. The Morgan fingerprint density at radius 2 is 1.40 bits per heavy atom. The summed E-state index contributed by atoms with van der Waals surface area (Å²) in [6.45, 7) is -0.558. The minimum atomic E-state index is -4.95. The van der Waals surface area contributed by atoms with Crippen LogP contribution in [0, 0.1) is 0 Å². The number of carbonyl (C=O) groups excluding carboxylic acids is 1. The fraction of sp³-hybridized carbons (Fsp3) is 0.300. The van der Waals surface area contributed by atoms with Gasteiger partial charge in [-0.3, -0.25) is 4.79 Å². The number of nitrogens with one attached hydrogen (secondary N) is 1. The highest BCUT2D eigenvalue weighted by Gasteiger charge is 2.37. The van der Waals surface area contributed by atoms with Gasteiger partial charge in [0.15, 0.2) is 0 Å². The maximum atomic E-state index is 12.5. The van der Waals surface area contributed by atoms with Crippen LogP contribution in [0.1, 0.15) is 11.1 Å². The fourth-order valence-corrected chi connectivity index (χ4v) is 1.24. The molecular formula is C10H9ClF6N2O. The Hall–Kier alpha value is -1.48. The van der Waals surface area contributed by atoms with Gasteiger partial charge in [0.2, 0.25) is 5.91 Å². The molecule has 20 heavy (non-hydrogen) atoms. The smallest absolute Gasteiger partial charge is 0.325 e. The van der Waals surface area contributed by atoms with Crippen molar-refractivity contribution >= 4 is 24.0 Å². The first-order chi connectivity index (χ1) is 8.54. The average Bonchev–Trinajstić information content (AvgIpc) is 2.26. The maximum Gasteiger partial charge on any atom is 0.416 e. The van der Waals surface area contributed by atoms with Crippen molar-refractivity contribution in [2.45, 2.75) is 12.4 Å². The van der Waals surface area contributed by atoms with Crippen LogP contribution in [0.25, 0.3) is 0 Å². The van der Waals surface area contributed by atoms with E-state index in [1.54, 1.807) is 0 Å². The molecule has 0 aromatic heterocycles. The molecule has 0 fully saturated rings. The van der Waals surface area contributed by atoms with E-state index < -0.39 is 41.6 Å². The molecule has 0 aliphatic heterocycles. The van der Waals surface area contributed by atoms with E-state index in [1.165, 1.54) is 0 Å². The molecule has 114 valence electrons. The molecule has 0 atom stereocenters. The number of benzene rings is 1. The SMILES string of the molecule is Cl.NCC(=O)Nc1cc(C(F)(F)F)cc(C(F)(F)F)c1. The van der Waals surface area contributed by atoms with E-state index in [1.807, 2.05) is 5.32 Å². The number of rotatable bonds is 2. The van der Waals surface area contributed by atoms with Crippen molar-refractivity contribution in [1.82, 2.24) is 0 Å². The molecule has 1 aromatic carbocycles. The van der Waals surface area contributed by atoms with E-state index >= 15 is 0 Å². The summed E-state index contributed by atoms with van der Waals surface area (Å²) in [5, 5.41) is 1.85. The fourth-order valence-electron chi connectivity index (χ4n) is 1.24. The van der Waals surface area contributed by atoms with Crippen LogP contribution in [0.5, 0.6) is 0 Å². The molecule has 0 unspecified atom stereocenters. The van der Waals surface area contributed by atoms with Crippen LogP contribution in [0.15, 0.2) is 18.2 Å². The minimum absolute atomic E-state index is 0. The van der Waals surface area contributed by atoms with Crippen molar-refractivity contribution in [2.24, 2.45) is 5.73 Å². The molecule has 0 aliphatic rings. The van der Waals surface area contributed by atoms with Crippen LogP contribution in [-0.2, 0) is 17.1 Å². The number of anilines is 1. The maximum absolute atomic E-state index is 12.5. The Labute approximate surface area is 115 Å². The number of amides is 1. The molecule has 0 bridgehead atoms. The quantitative estimate of drug-likeness (QED) is 0.822. The van der Waals surface area contributed by atoms with E-state index in [9.17, 15) is 31.1 Å². The summed E-state index contributed by atoms with van der Waals surface area (Å²) in [4.78, 5) is 10.9. The number of carbonyl (C=O) groups is 1. The zero-order valence-corrected chi connectivity index (χ0v) is 10.4. The van der Waals surface area contributed by atoms with Crippen molar-refractivity contribution in [2.75, 3.05) is 11.9 Å². The zero-order chi connectivity index (χ0) is 14.8. The van der Waals surface area contributed by atoms with E-state index in [2.05, 4.69) is 0 Å². The lowest BCUT2D eigenvalue weighted by Crippen LogP contribution is -2.22. The van der Waals surface area contributed by atoms with E-state index in [0.29, 0.717) is 12.1 Å². The standard InChI is InChI=1S/C10H8F6N2O.ClH/c11-9(12,13)5-1-6(10(14,15)16)3-7(2-5)18-8(19)4-17;/h1-3H,4,17H2,(H,18,19);1H. The van der Waals surface area contributed by atoms with Gasteiger partial charge in [-0.05, 0) is 18.2 Å². The van der Waals surface area contributed by atoms with Crippen LogP contribution in [0.3, 0.4) is 0 Å². The number of hydrogen-bond acceptors (Lipinski definition) is 2. The lowest BCUT2D eigenvalue weighted by atomic mass is 10.1. The third-order valence-electron chi connectivity index (χ3n) is 2.06. The molecule has 3 nitrogen and oxygen atoms in total. The summed E-state index contributed by atoms with van der Waals surface area (Å²) in [6.07, 6.45) is -9.91. The first-order valence-corrected chi connectivity index (χ1v) is 4.83. The molecule has 1 aromatic rings. The predicted molar refractivity (Wildman–Crippen MR) is 61.4 cm³/mol. The molecule has 0 radical (unpaired) electrons. The lowest BCUT2D eigenvalue weighted by molar-refractivity contribution is -0.143. The number of alkyl halides is 6. The van der Waals surface area contributed by atoms with Crippen molar-refractivity contribution in [1.29, 1.82) is 0 Å². The van der Waals surface area contributed by atoms with Crippen LogP contribution in [0.4, 0.5) is 32.0 Å². The molecule has 0 heterocycles. The largest absolute Gasteiger partial charge is 0.416 e. The second-order valence-corrected chi connectivity index (χ2v) is 3.55. The summed E-state index contributed by atoms with van der Waals surface area (Å²) < 4.78 is 74.7. The summed E-state index contributed by atoms with van der Waals surface area (Å²) in [7, 11) is 0. The zero-order valence-electron chi connectivity index (χ0n) is 9.60. The van der Waals surface area contributed by atoms with Gasteiger partial charge in [0.1, 0.15) is 0 Å². The Balaban J connectivity index is 0.00000361. The summed E-state index contributed by atoms with van der Waals surface area (Å²) >= 11 is 0. The van der Waals surface area contributed by atoms with Gasteiger partial charge in [0.25, 0.3) is 0 Å². The Kier molecular flexibility index (Phi) is 5.85. The van der Waals surface area contributed by atoms with Gasteiger partial charge in [-0.1, -0.05) is 0 Å². The van der Waals surface area contributed by atoms with Crippen molar-refractivity contribution in [3.05, 3.63) is 29.3 Å². The molecule has 0 saturated heterocycles. The third kappa shape index (κ3) is 4.89. The topological polar surface area (TPSA) is 55.1 Å². The molecular weight excluding hydrogens is 314 g/mol. The Bertz CT molecular complexity index is 453. The van der Waals surface area contributed by atoms with Crippen LogP contribution in [-0.4, -0.2) is 12.5 Å². The van der Waals surface area contributed by atoms with Gasteiger partial charge in [-0.15, -0.1) is 12.4 Å². The van der Waals surface area contributed by atoms with E-state index in [-0.39, 0.29) is 18.5 Å². The highest BCUT2D eigenvalue weighted by atomic mass is 35.5. The summed E-state index contributed by atoms with van der Waals surface area (Å²) in [6, 6.07) is 0.781. The minimum Gasteiger partial charge on any atom is -0.325 e. The van der Waals surface area contributed by atoms with Crippen molar-refractivity contribution in [3.8, 4) is 0 Å². The second kappa shape index (κ2) is 6.31. The van der Waals surface area contributed by atoms with Gasteiger partial charge in [0.05, 0.1) is 17.7 Å². The summed E-state index contributed by atoms with van der Waals surface area (Å²) in [5.74, 6) is -0.896. The molecule has 0 spiro atoms. The van der Waals surface area contributed by atoms with E-state index in [4.69, 9.17) is 5.73 Å². The highest BCUT2D eigenvalue weighted by molar-refractivity contribution is 5.92. The molecule has 0 aliphatic carbocycles. The second-order valence-electron chi connectivity index (χ2n) is 3.55. The van der Waals surface area contributed by atoms with Gasteiger partial charge in [0, 0.05) is 5.69 Å². The van der Waals surface area contributed by atoms with Crippen LogP contribution < -0.4 is 11.1 Å². The number of nitrogens with two attached hydrogens (primary N) is 1. The monoisotopic (exact) mass is 322 g/mol. The Morgan fingerprint density at radius 3 is 1.70 bits per heavy atom.